The number of benzene rings is 1. The highest BCUT2D eigenvalue weighted by Crippen LogP contribution is 2.44. The molecule has 4 aliphatic rings. The van der Waals surface area contributed by atoms with Gasteiger partial charge in [0.1, 0.15) is 5.82 Å². The zero-order chi connectivity index (χ0) is 22.4. The van der Waals surface area contributed by atoms with E-state index in [4.69, 9.17) is 9.47 Å². The van der Waals surface area contributed by atoms with Gasteiger partial charge in [0.2, 0.25) is 5.91 Å². The number of morpholine rings is 1. The lowest BCUT2D eigenvalue weighted by Crippen LogP contribution is -2.44. The summed E-state index contributed by atoms with van der Waals surface area (Å²) in [6, 6.07) is 10.5. The van der Waals surface area contributed by atoms with Gasteiger partial charge in [-0.1, -0.05) is 6.07 Å². The molecule has 1 amide bonds. The Morgan fingerprint density at radius 3 is 2.85 bits per heavy atom. The van der Waals surface area contributed by atoms with Gasteiger partial charge in [-0.15, -0.1) is 0 Å². The summed E-state index contributed by atoms with van der Waals surface area (Å²) >= 11 is 0. The molecule has 3 fully saturated rings. The summed E-state index contributed by atoms with van der Waals surface area (Å²) < 4.78 is 11.6. The minimum Gasteiger partial charge on any atom is -0.381 e. The van der Waals surface area contributed by atoms with E-state index in [1.165, 1.54) is 0 Å². The summed E-state index contributed by atoms with van der Waals surface area (Å²) in [5.41, 5.74) is 4.13. The van der Waals surface area contributed by atoms with Gasteiger partial charge in [0.25, 0.3) is 0 Å². The van der Waals surface area contributed by atoms with Crippen LogP contribution in [-0.2, 0) is 20.8 Å². The van der Waals surface area contributed by atoms with Crippen LogP contribution in [0.5, 0.6) is 0 Å². The summed E-state index contributed by atoms with van der Waals surface area (Å²) in [6.45, 7) is 3.10. The van der Waals surface area contributed by atoms with Crippen molar-refractivity contribution < 1.29 is 14.3 Å². The highest BCUT2D eigenvalue weighted by Gasteiger charge is 2.47. The lowest BCUT2D eigenvalue weighted by molar-refractivity contribution is -0.124. The van der Waals surface area contributed by atoms with Gasteiger partial charge in [-0.3, -0.25) is 4.79 Å². The molecule has 7 heteroatoms. The molecule has 33 heavy (non-hydrogen) atoms. The number of aromatic nitrogens is 1. The average Bonchev–Trinajstić information content (AvgIpc) is 3.63. The number of fused-ring (bicyclic) bond motifs is 2. The van der Waals surface area contributed by atoms with E-state index in [2.05, 4.69) is 39.5 Å². The number of ether oxygens (including phenoxy) is 2. The number of nitrogens with one attached hydrogen (secondary N) is 1. The first-order valence-electron chi connectivity index (χ1n) is 12.2. The second kappa shape index (κ2) is 8.29. The number of nitrogens with zero attached hydrogens (tertiary/aromatic N) is 3. The fourth-order valence-corrected chi connectivity index (χ4v) is 5.58. The minimum absolute atomic E-state index is 0.0317. The Bertz CT molecular complexity index is 1050. The summed E-state index contributed by atoms with van der Waals surface area (Å²) in [6.07, 6.45) is 8.01. The number of anilines is 4. The Kier molecular flexibility index (Phi) is 5.26. The minimum atomic E-state index is 0.0317. The molecule has 2 aliphatic heterocycles. The van der Waals surface area contributed by atoms with E-state index in [-0.39, 0.29) is 23.5 Å². The molecule has 2 saturated carbocycles. The molecule has 2 aliphatic carbocycles. The summed E-state index contributed by atoms with van der Waals surface area (Å²) in [5, 5.41) is 3.50. The Hall–Kier alpha value is -2.64. The van der Waals surface area contributed by atoms with Gasteiger partial charge in [0.15, 0.2) is 0 Å². The predicted octanol–water partition coefficient (Wildman–Crippen LogP) is 4.25. The average molecular weight is 449 g/mol. The van der Waals surface area contributed by atoms with Crippen LogP contribution in [0, 0.1) is 5.92 Å². The molecule has 6 rings (SSSR count). The number of pyridine rings is 1. The molecule has 3 heterocycles. The Morgan fingerprint density at radius 2 is 2.06 bits per heavy atom. The van der Waals surface area contributed by atoms with Crippen molar-refractivity contribution in [3.8, 4) is 0 Å². The van der Waals surface area contributed by atoms with Gasteiger partial charge >= 0.3 is 0 Å². The van der Waals surface area contributed by atoms with Crippen LogP contribution in [0.25, 0.3) is 0 Å². The smallest absolute Gasteiger partial charge is 0.230 e. The second-order valence-corrected chi connectivity index (χ2v) is 9.92. The van der Waals surface area contributed by atoms with Gasteiger partial charge < -0.3 is 24.6 Å². The molecule has 0 atom stereocenters. The number of hydrogen-bond acceptors (Lipinski definition) is 6. The molecule has 2 aromatic rings. The molecule has 7 nitrogen and oxygen atoms in total. The largest absolute Gasteiger partial charge is 0.381 e. The van der Waals surface area contributed by atoms with E-state index in [1.807, 2.05) is 11.0 Å². The van der Waals surface area contributed by atoms with Crippen LogP contribution in [0.15, 0.2) is 36.5 Å². The van der Waals surface area contributed by atoms with Crippen molar-refractivity contribution in [2.24, 2.45) is 5.92 Å². The Labute approximate surface area is 195 Å². The van der Waals surface area contributed by atoms with Crippen molar-refractivity contribution in [1.82, 2.24) is 4.98 Å². The normalized spacial score (nSPS) is 25.6. The maximum absolute atomic E-state index is 13.9. The van der Waals surface area contributed by atoms with E-state index in [0.717, 1.165) is 86.7 Å². The van der Waals surface area contributed by atoms with E-state index >= 15 is 0 Å². The van der Waals surface area contributed by atoms with Crippen molar-refractivity contribution in [3.63, 3.8) is 0 Å². The highest BCUT2D eigenvalue weighted by atomic mass is 16.5. The molecule has 0 unspecified atom stereocenters. The monoisotopic (exact) mass is 448 g/mol. The van der Waals surface area contributed by atoms with Gasteiger partial charge in [-0.05, 0) is 62.8 Å². The van der Waals surface area contributed by atoms with Crippen LogP contribution in [-0.4, -0.2) is 49.4 Å². The first-order valence-corrected chi connectivity index (χ1v) is 12.2. The molecule has 1 N–H and O–H groups in total. The number of carbonyl (C=O) groups is 1. The van der Waals surface area contributed by atoms with Gasteiger partial charge in [-0.25, -0.2) is 4.98 Å². The summed E-state index contributed by atoms with van der Waals surface area (Å²) in [7, 11) is 1.77. The molecule has 1 aromatic heterocycles. The molecule has 1 aromatic carbocycles. The van der Waals surface area contributed by atoms with Crippen LogP contribution in [0.1, 0.15) is 44.1 Å². The predicted molar refractivity (Wildman–Crippen MR) is 128 cm³/mol. The fraction of sp³-hybridized carbons (Fsp3) is 0.538. The van der Waals surface area contributed by atoms with Gasteiger partial charge in [0, 0.05) is 43.6 Å². The maximum Gasteiger partial charge on any atom is 0.230 e. The number of amides is 1. The fourth-order valence-electron chi connectivity index (χ4n) is 5.58. The van der Waals surface area contributed by atoms with Crippen molar-refractivity contribution >= 4 is 28.8 Å². The lowest BCUT2D eigenvalue weighted by atomic mass is 9.86. The first-order chi connectivity index (χ1) is 16.1. The third-order valence-corrected chi connectivity index (χ3v) is 7.79. The highest BCUT2D eigenvalue weighted by molar-refractivity contribution is 6.00. The van der Waals surface area contributed by atoms with Gasteiger partial charge in [0.05, 0.1) is 36.2 Å². The molecule has 0 bridgehead atoms. The zero-order valence-corrected chi connectivity index (χ0v) is 19.3. The Balaban J connectivity index is 1.34. The van der Waals surface area contributed by atoms with Crippen molar-refractivity contribution in [3.05, 3.63) is 42.1 Å². The third kappa shape index (κ3) is 3.97. The van der Waals surface area contributed by atoms with E-state index < -0.39 is 0 Å². The molecular weight excluding hydrogens is 416 g/mol. The summed E-state index contributed by atoms with van der Waals surface area (Å²) in [4.78, 5) is 22.8. The van der Waals surface area contributed by atoms with Crippen molar-refractivity contribution in [2.45, 2.75) is 56.8 Å². The lowest BCUT2D eigenvalue weighted by Gasteiger charge is -2.36. The molecule has 0 radical (unpaired) electrons. The van der Waals surface area contributed by atoms with Crippen LogP contribution in [0.2, 0.25) is 0 Å². The number of methoxy groups -OCH3 is 1. The van der Waals surface area contributed by atoms with Crippen molar-refractivity contribution in [2.75, 3.05) is 41.9 Å². The zero-order valence-electron chi connectivity index (χ0n) is 19.3. The van der Waals surface area contributed by atoms with E-state index in [1.54, 1.807) is 13.3 Å². The van der Waals surface area contributed by atoms with Crippen molar-refractivity contribution in [1.29, 1.82) is 0 Å². The standard InChI is InChI=1S/C26H32N4O3/c1-32-21-7-4-18(5-8-21)25(31)30-16-19-3-2-12-27-24(19)28-22-9-6-20(15-23(22)30)29-13-14-33-26(17-29)10-11-26/h2-3,6,9,12,15,18,21H,4-5,7-8,10-11,13-14,16-17H2,1H3,(H,27,28). The number of carbonyl (C=O) groups excluding carboxylic acids is 1. The SMILES string of the molecule is COC1CCC(C(=O)N2Cc3cccnc3Nc3ccc(N4CCOC5(CC5)C4)cc32)CC1. The van der Waals surface area contributed by atoms with E-state index in [9.17, 15) is 4.79 Å². The maximum atomic E-state index is 13.9. The molecule has 174 valence electrons. The van der Waals surface area contributed by atoms with E-state index in [0.29, 0.717) is 6.54 Å². The van der Waals surface area contributed by atoms with Crippen LogP contribution in [0.3, 0.4) is 0 Å². The number of hydrogen-bond donors (Lipinski definition) is 1. The van der Waals surface area contributed by atoms with Crippen LogP contribution in [0.4, 0.5) is 22.9 Å². The van der Waals surface area contributed by atoms with Gasteiger partial charge in [-0.2, -0.15) is 0 Å². The Morgan fingerprint density at radius 1 is 1.21 bits per heavy atom. The topological polar surface area (TPSA) is 66.9 Å². The summed E-state index contributed by atoms with van der Waals surface area (Å²) in [5.74, 6) is 1.07. The second-order valence-electron chi connectivity index (χ2n) is 9.92. The first kappa shape index (κ1) is 20.9. The molecule has 1 saturated heterocycles. The molecular formula is C26H32N4O3. The molecule has 1 spiro atoms. The number of rotatable bonds is 3. The van der Waals surface area contributed by atoms with Crippen LogP contribution >= 0.6 is 0 Å². The third-order valence-electron chi connectivity index (χ3n) is 7.79. The quantitative estimate of drug-likeness (QED) is 0.757. The van der Waals surface area contributed by atoms with Crippen LogP contribution < -0.4 is 15.1 Å².